The molecule has 0 aromatic heterocycles. The van der Waals surface area contributed by atoms with Gasteiger partial charge in [-0.3, -0.25) is 10.2 Å². The van der Waals surface area contributed by atoms with Crippen LogP contribution in [0.2, 0.25) is 0 Å². The van der Waals surface area contributed by atoms with Crippen LogP contribution in [0.4, 0.5) is 0 Å². The van der Waals surface area contributed by atoms with Gasteiger partial charge in [-0.15, -0.1) is 0 Å². The van der Waals surface area contributed by atoms with Gasteiger partial charge in [0, 0.05) is 22.6 Å². The number of fused-ring (bicyclic) bond motifs is 3. The third-order valence-corrected chi connectivity index (χ3v) is 4.36. The lowest BCUT2D eigenvalue weighted by atomic mass is 9.90. The van der Waals surface area contributed by atoms with Crippen molar-refractivity contribution in [2.45, 2.75) is 20.8 Å². The number of ether oxygens (including phenoxy) is 1. The van der Waals surface area contributed by atoms with Crippen molar-refractivity contribution >= 4 is 17.5 Å². The minimum Gasteiger partial charge on any atom is -0.464 e. The third kappa shape index (κ3) is 3.67. The second-order valence-electron chi connectivity index (χ2n) is 7.33. The molecular weight excluding hydrogens is 340 g/mol. The van der Waals surface area contributed by atoms with Gasteiger partial charge in [-0.1, -0.05) is 69.3 Å². The van der Waals surface area contributed by atoms with Crippen molar-refractivity contribution in [2.75, 3.05) is 7.11 Å². The van der Waals surface area contributed by atoms with Crippen LogP contribution in [0.3, 0.4) is 0 Å². The lowest BCUT2D eigenvalue weighted by molar-refractivity contribution is -0.137. The van der Waals surface area contributed by atoms with E-state index < -0.39 is 11.4 Å². The number of rotatable bonds is 4. The fourth-order valence-corrected chi connectivity index (χ4v) is 2.83. The van der Waals surface area contributed by atoms with Crippen molar-refractivity contribution in [1.29, 1.82) is 0 Å². The van der Waals surface area contributed by atoms with E-state index in [9.17, 15) is 9.59 Å². The van der Waals surface area contributed by atoms with E-state index >= 15 is 0 Å². The van der Waals surface area contributed by atoms with Crippen molar-refractivity contribution in [3.05, 3.63) is 71.4 Å². The van der Waals surface area contributed by atoms with Gasteiger partial charge in [0.1, 0.15) is 5.70 Å². The summed E-state index contributed by atoms with van der Waals surface area (Å²) in [7, 11) is 1.27. The topological polar surface area (TPSA) is 67.8 Å². The van der Waals surface area contributed by atoms with E-state index in [0.29, 0.717) is 0 Å². The third-order valence-electron chi connectivity index (χ3n) is 4.36. The van der Waals surface area contributed by atoms with Gasteiger partial charge >= 0.3 is 5.97 Å². The number of hydrazone groups is 1. The Bertz CT molecular complexity index is 918. The van der Waals surface area contributed by atoms with E-state index in [1.807, 2.05) is 48.5 Å². The lowest BCUT2D eigenvalue weighted by Crippen LogP contribution is -2.24. The zero-order chi connectivity index (χ0) is 19.6. The minimum absolute atomic E-state index is 0.00628. The summed E-state index contributed by atoms with van der Waals surface area (Å²) < 4.78 is 4.79. The maximum atomic E-state index is 12.3. The van der Waals surface area contributed by atoms with Crippen molar-refractivity contribution in [2.24, 2.45) is 10.5 Å². The Hall–Kier alpha value is -3.21. The van der Waals surface area contributed by atoms with E-state index in [2.05, 4.69) is 10.5 Å². The maximum Gasteiger partial charge on any atom is 0.356 e. The molecule has 0 radical (unpaired) electrons. The second-order valence-corrected chi connectivity index (χ2v) is 7.33. The molecule has 138 valence electrons. The summed E-state index contributed by atoms with van der Waals surface area (Å²) in [5, 5.41) is 4.46. The molecular formula is C22H22N2O3. The molecule has 5 nitrogen and oxygen atoms in total. The number of carbonyl (C=O) groups excluding carboxylic acids is 2. The van der Waals surface area contributed by atoms with Gasteiger partial charge in [-0.05, 0) is 11.1 Å². The second kappa shape index (κ2) is 7.19. The fourth-order valence-electron chi connectivity index (χ4n) is 2.83. The van der Waals surface area contributed by atoms with E-state index in [-0.39, 0.29) is 11.5 Å². The van der Waals surface area contributed by atoms with Crippen molar-refractivity contribution in [3.63, 3.8) is 0 Å². The van der Waals surface area contributed by atoms with Gasteiger partial charge in [0.2, 0.25) is 0 Å². The van der Waals surface area contributed by atoms with Gasteiger partial charge < -0.3 is 4.74 Å². The van der Waals surface area contributed by atoms with Gasteiger partial charge in [-0.25, -0.2) is 4.79 Å². The molecule has 5 heteroatoms. The number of hydrogen-bond acceptors (Lipinski definition) is 5. The minimum atomic E-state index is -0.642. The first kappa shape index (κ1) is 18.6. The molecule has 27 heavy (non-hydrogen) atoms. The van der Waals surface area contributed by atoms with E-state index in [1.54, 1.807) is 20.8 Å². The average Bonchev–Trinajstić information content (AvgIpc) is 2.97. The summed E-state index contributed by atoms with van der Waals surface area (Å²) in [6, 6.07) is 15.9. The van der Waals surface area contributed by atoms with Crippen LogP contribution in [0.1, 0.15) is 31.9 Å². The first-order valence-corrected chi connectivity index (χ1v) is 8.70. The molecule has 0 saturated carbocycles. The molecule has 0 aliphatic heterocycles. The number of nitrogens with zero attached hydrogens (tertiary/aromatic N) is 1. The van der Waals surface area contributed by atoms with Gasteiger partial charge in [0.15, 0.2) is 5.78 Å². The Morgan fingerprint density at radius 3 is 1.85 bits per heavy atom. The van der Waals surface area contributed by atoms with Crippen LogP contribution in [0.5, 0.6) is 0 Å². The van der Waals surface area contributed by atoms with E-state index in [1.165, 1.54) is 13.2 Å². The summed E-state index contributed by atoms with van der Waals surface area (Å²) in [6.45, 7) is 5.36. The van der Waals surface area contributed by atoms with Crippen molar-refractivity contribution < 1.29 is 14.3 Å². The molecule has 0 fully saturated rings. The Balaban J connectivity index is 2.01. The number of allylic oxidation sites excluding steroid dienone is 1. The molecule has 0 spiro atoms. The molecule has 0 saturated heterocycles. The number of ketones is 1. The van der Waals surface area contributed by atoms with Crippen LogP contribution in [-0.2, 0) is 14.3 Å². The summed E-state index contributed by atoms with van der Waals surface area (Å²) in [5.41, 5.74) is 6.98. The molecule has 3 rings (SSSR count). The summed E-state index contributed by atoms with van der Waals surface area (Å²) in [5.74, 6) is -0.834. The molecule has 2 aromatic rings. The van der Waals surface area contributed by atoms with Gasteiger partial charge in [0.25, 0.3) is 0 Å². The smallest absolute Gasteiger partial charge is 0.356 e. The van der Waals surface area contributed by atoms with E-state index in [4.69, 9.17) is 4.74 Å². The number of hydrogen-bond donors (Lipinski definition) is 1. The quantitative estimate of drug-likeness (QED) is 0.437. The number of benzene rings is 2. The Morgan fingerprint density at radius 2 is 1.41 bits per heavy atom. The number of methoxy groups -OCH3 is 1. The monoisotopic (exact) mass is 362 g/mol. The number of esters is 1. The molecule has 0 atom stereocenters. The van der Waals surface area contributed by atoms with Crippen LogP contribution >= 0.6 is 0 Å². The molecule has 1 N–H and O–H groups in total. The lowest BCUT2D eigenvalue weighted by Gasteiger charge is -2.14. The summed E-state index contributed by atoms with van der Waals surface area (Å²) in [6.07, 6.45) is 1.25. The zero-order valence-corrected chi connectivity index (χ0v) is 15.9. The predicted octanol–water partition coefficient (Wildman–Crippen LogP) is 3.68. The highest BCUT2D eigenvalue weighted by Gasteiger charge is 2.25. The first-order chi connectivity index (χ1) is 12.8. The first-order valence-electron chi connectivity index (χ1n) is 8.70. The van der Waals surface area contributed by atoms with Gasteiger partial charge in [0.05, 0.1) is 12.8 Å². The molecule has 0 heterocycles. The summed E-state index contributed by atoms with van der Waals surface area (Å²) in [4.78, 5) is 24.4. The highest BCUT2D eigenvalue weighted by molar-refractivity contribution is 6.24. The molecule has 1 aliphatic carbocycles. The Kier molecular flexibility index (Phi) is 4.95. The highest BCUT2D eigenvalue weighted by Crippen LogP contribution is 2.36. The molecule has 1 aliphatic rings. The predicted molar refractivity (Wildman–Crippen MR) is 105 cm³/mol. The van der Waals surface area contributed by atoms with E-state index in [0.717, 1.165) is 28.0 Å². The number of carbonyl (C=O) groups is 2. The SMILES string of the molecule is COC(=O)C(=CC(=O)C(C)(C)C)NN=C1c2ccccc2-c2ccccc21. The molecule has 2 aromatic carbocycles. The average molecular weight is 362 g/mol. The van der Waals surface area contributed by atoms with Crippen LogP contribution < -0.4 is 5.43 Å². The zero-order valence-electron chi connectivity index (χ0n) is 15.9. The Labute approximate surface area is 158 Å². The molecule has 0 bridgehead atoms. The van der Waals surface area contributed by atoms with Crippen molar-refractivity contribution in [1.82, 2.24) is 5.43 Å². The van der Waals surface area contributed by atoms with Crippen LogP contribution in [0, 0.1) is 5.41 Å². The standard InChI is InChI=1S/C22H22N2O3/c1-22(2,3)19(25)13-18(21(26)27-4)23-24-20-16-11-7-5-9-14(16)15-10-6-8-12-17(15)20/h5-13,23H,1-4H3. The van der Waals surface area contributed by atoms with Gasteiger partial charge in [-0.2, -0.15) is 5.10 Å². The largest absolute Gasteiger partial charge is 0.464 e. The Morgan fingerprint density at radius 1 is 0.926 bits per heavy atom. The molecule has 0 unspecified atom stereocenters. The normalized spacial score (nSPS) is 12.9. The molecule has 0 amide bonds. The van der Waals surface area contributed by atoms with Crippen LogP contribution in [0.25, 0.3) is 11.1 Å². The highest BCUT2D eigenvalue weighted by atomic mass is 16.5. The summed E-state index contributed by atoms with van der Waals surface area (Å²) >= 11 is 0. The fraction of sp³-hybridized carbons (Fsp3) is 0.227. The van der Waals surface area contributed by atoms with Crippen molar-refractivity contribution in [3.8, 4) is 11.1 Å². The maximum absolute atomic E-state index is 12.3. The van der Waals surface area contributed by atoms with Crippen LogP contribution in [-0.4, -0.2) is 24.6 Å². The van der Waals surface area contributed by atoms with Crippen LogP contribution in [0.15, 0.2) is 65.4 Å². The number of nitrogens with one attached hydrogen (secondary N) is 1.